The van der Waals surface area contributed by atoms with Crippen molar-refractivity contribution in [3.63, 3.8) is 0 Å². The molecule has 2 N–H and O–H groups in total. The smallest absolute Gasteiger partial charge is 0.0724 e. The van der Waals surface area contributed by atoms with Crippen molar-refractivity contribution >= 4 is 29.0 Å². The largest absolute Gasteiger partial charge is 0.393 e. The lowest BCUT2D eigenvalue weighted by Gasteiger charge is -2.21. The highest BCUT2D eigenvalue weighted by molar-refractivity contribution is 7.13. The van der Waals surface area contributed by atoms with Gasteiger partial charge in [0.15, 0.2) is 0 Å². The third kappa shape index (κ3) is 3.96. The second-order valence-corrected chi connectivity index (χ2v) is 9.33. The van der Waals surface area contributed by atoms with E-state index in [1.54, 1.807) is 11.3 Å². The number of rotatable bonds is 5. The number of hydrogen-bond donors (Lipinski definition) is 2. The maximum absolute atomic E-state index is 10.3. The molecule has 2 nitrogen and oxygen atoms in total. The van der Waals surface area contributed by atoms with Crippen molar-refractivity contribution in [2.24, 2.45) is 11.3 Å². The van der Waals surface area contributed by atoms with Crippen molar-refractivity contribution < 1.29 is 10.2 Å². The van der Waals surface area contributed by atoms with Crippen molar-refractivity contribution in [1.29, 1.82) is 0 Å². The Hall–Kier alpha value is -0.610. The highest BCUT2D eigenvalue weighted by Gasteiger charge is 2.38. The lowest BCUT2D eigenvalue weighted by atomic mass is 9.88. The lowest BCUT2D eigenvalue weighted by Crippen LogP contribution is -2.21. The quantitative estimate of drug-likeness (QED) is 0.719. The molecule has 1 aromatic rings. The van der Waals surface area contributed by atoms with Crippen LogP contribution in [0.1, 0.15) is 54.8 Å². The van der Waals surface area contributed by atoms with Gasteiger partial charge in [-0.3, -0.25) is 0 Å². The standard InChI is InChI=1S/C20H27ClO2S/c1-20(2)12-13(11-18(20)23)7-8-14(22)9-10-17-19(21)15-5-3-4-6-16(15)24-17/h4,6-8,13-14,18,22-23H,3,5,9-12H2,1-2H3/b8-7+/t13-,14?,18+/m1/s1. The Morgan fingerprint density at radius 1 is 1.46 bits per heavy atom. The minimum absolute atomic E-state index is 0.0168. The number of aliphatic hydroxyl groups excluding tert-OH is 2. The number of thiophene rings is 1. The van der Waals surface area contributed by atoms with E-state index in [1.165, 1.54) is 15.3 Å². The van der Waals surface area contributed by atoms with E-state index < -0.39 is 6.10 Å². The minimum atomic E-state index is -0.448. The summed E-state index contributed by atoms with van der Waals surface area (Å²) in [6, 6.07) is 0. The fraction of sp³-hybridized carbons (Fsp3) is 0.600. The van der Waals surface area contributed by atoms with Crippen molar-refractivity contribution in [3.8, 4) is 0 Å². The summed E-state index contributed by atoms with van der Waals surface area (Å²) in [4.78, 5) is 2.48. The van der Waals surface area contributed by atoms with Crippen LogP contribution in [0.25, 0.3) is 6.08 Å². The Kier molecular flexibility index (Phi) is 5.55. The molecule has 0 aliphatic heterocycles. The van der Waals surface area contributed by atoms with Crippen molar-refractivity contribution in [2.45, 2.75) is 64.6 Å². The molecule has 1 unspecified atom stereocenters. The molecule has 0 bridgehead atoms. The van der Waals surface area contributed by atoms with Crippen LogP contribution in [-0.2, 0) is 12.8 Å². The molecule has 2 aliphatic carbocycles. The van der Waals surface area contributed by atoms with Crippen LogP contribution >= 0.6 is 22.9 Å². The normalized spacial score (nSPS) is 26.9. The lowest BCUT2D eigenvalue weighted by molar-refractivity contribution is 0.0796. The summed E-state index contributed by atoms with van der Waals surface area (Å²) in [5.41, 5.74) is 1.27. The van der Waals surface area contributed by atoms with Gasteiger partial charge in [-0.2, -0.15) is 0 Å². The molecule has 0 radical (unpaired) electrons. The third-order valence-electron chi connectivity index (χ3n) is 5.36. The summed E-state index contributed by atoms with van der Waals surface area (Å²) in [5, 5.41) is 21.2. The van der Waals surface area contributed by atoms with Gasteiger partial charge in [-0.1, -0.05) is 43.7 Å². The van der Waals surface area contributed by atoms with E-state index in [2.05, 4.69) is 32.1 Å². The van der Waals surface area contributed by atoms with Gasteiger partial charge in [0.05, 0.1) is 17.2 Å². The maximum atomic E-state index is 10.3. The second-order valence-electron chi connectivity index (χ2n) is 7.82. The van der Waals surface area contributed by atoms with Gasteiger partial charge in [-0.15, -0.1) is 11.3 Å². The summed E-state index contributed by atoms with van der Waals surface area (Å²) in [5.74, 6) is 0.368. The van der Waals surface area contributed by atoms with Gasteiger partial charge in [0.2, 0.25) is 0 Å². The van der Waals surface area contributed by atoms with E-state index in [-0.39, 0.29) is 11.5 Å². The Morgan fingerprint density at radius 2 is 2.25 bits per heavy atom. The Labute approximate surface area is 153 Å². The fourth-order valence-electron chi connectivity index (χ4n) is 3.77. The average molecular weight is 367 g/mol. The molecule has 1 fully saturated rings. The first-order valence-corrected chi connectivity index (χ1v) is 10.1. The zero-order chi connectivity index (χ0) is 17.3. The molecule has 0 amide bonds. The molecule has 3 atom stereocenters. The number of fused-ring (bicyclic) bond motifs is 1. The SMILES string of the molecule is CC1(C)C[C@H](/C=C/C(O)CCc2sc3c(c2Cl)CCC=C3)C[C@@H]1O. The van der Waals surface area contributed by atoms with E-state index >= 15 is 0 Å². The van der Waals surface area contributed by atoms with Gasteiger partial charge in [-0.25, -0.2) is 0 Å². The number of allylic oxidation sites excluding steroid dienone is 2. The molecule has 1 aromatic heterocycles. The number of halogens is 1. The molecular formula is C20H27ClO2S. The summed E-state index contributed by atoms with van der Waals surface area (Å²) < 4.78 is 0. The van der Waals surface area contributed by atoms with Gasteiger partial charge in [0.1, 0.15) is 0 Å². The number of hydrogen-bond acceptors (Lipinski definition) is 3. The van der Waals surface area contributed by atoms with Crippen LogP contribution < -0.4 is 0 Å². The first-order valence-electron chi connectivity index (χ1n) is 8.88. The Morgan fingerprint density at radius 3 is 2.92 bits per heavy atom. The molecule has 132 valence electrons. The molecule has 3 rings (SSSR count). The molecule has 4 heteroatoms. The fourth-order valence-corrected chi connectivity index (χ4v) is 5.42. The van der Waals surface area contributed by atoms with Crippen molar-refractivity contribution in [1.82, 2.24) is 0 Å². The van der Waals surface area contributed by atoms with Crippen LogP contribution in [0.2, 0.25) is 5.02 Å². The van der Waals surface area contributed by atoms with Crippen molar-refractivity contribution in [2.75, 3.05) is 0 Å². The summed E-state index contributed by atoms with van der Waals surface area (Å²) in [6.45, 7) is 4.22. The van der Waals surface area contributed by atoms with E-state index in [0.717, 1.165) is 37.1 Å². The Bertz CT molecular complexity index is 644. The summed E-state index contributed by atoms with van der Waals surface area (Å²) in [6.07, 6.45) is 13.1. The first kappa shape index (κ1) is 18.2. The van der Waals surface area contributed by atoms with Crippen molar-refractivity contribution in [3.05, 3.63) is 38.6 Å². The first-order chi connectivity index (χ1) is 11.4. The van der Waals surface area contributed by atoms with E-state index in [0.29, 0.717) is 12.3 Å². The van der Waals surface area contributed by atoms with E-state index in [4.69, 9.17) is 11.6 Å². The average Bonchev–Trinajstić information content (AvgIpc) is 3.00. The minimum Gasteiger partial charge on any atom is -0.393 e. The monoisotopic (exact) mass is 366 g/mol. The molecule has 2 aliphatic rings. The molecule has 0 saturated heterocycles. The predicted molar refractivity (Wildman–Crippen MR) is 103 cm³/mol. The van der Waals surface area contributed by atoms with Gasteiger partial charge < -0.3 is 10.2 Å². The topological polar surface area (TPSA) is 40.5 Å². The highest BCUT2D eigenvalue weighted by atomic mass is 35.5. The zero-order valence-corrected chi connectivity index (χ0v) is 16.0. The van der Waals surface area contributed by atoms with Crippen LogP contribution in [0.5, 0.6) is 0 Å². The summed E-state index contributed by atoms with van der Waals surface area (Å²) in [7, 11) is 0. The predicted octanol–water partition coefficient (Wildman–Crippen LogP) is 5.01. The third-order valence-corrected chi connectivity index (χ3v) is 7.18. The van der Waals surface area contributed by atoms with Gasteiger partial charge in [-0.05, 0) is 61.5 Å². The number of aliphatic hydroxyl groups is 2. The summed E-state index contributed by atoms with van der Waals surface area (Å²) >= 11 is 8.26. The Balaban J connectivity index is 1.53. The maximum Gasteiger partial charge on any atom is 0.0724 e. The van der Waals surface area contributed by atoms with Gasteiger partial charge in [0, 0.05) is 9.75 Å². The molecule has 1 saturated carbocycles. The zero-order valence-electron chi connectivity index (χ0n) is 14.5. The van der Waals surface area contributed by atoms with Crippen LogP contribution in [0, 0.1) is 11.3 Å². The molecular weight excluding hydrogens is 340 g/mol. The van der Waals surface area contributed by atoms with Crippen LogP contribution in [0.15, 0.2) is 18.2 Å². The van der Waals surface area contributed by atoms with Gasteiger partial charge in [0.25, 0.3) is 0 Å². The van der Waals surface area contributed by atoms with E-state index in [9.17, 15) is 10.2 Å². The molecule has 24 heavy (non-hydrogen) atoms. The van der Waals surface area contributed by atoms with Gasteiger partial charge >= 0.3 is 0 Å². The highest BCUT2D eigenvalue weighted by Crippen LogP contribution is 2.42. The second kappa shape index (κ2) is 7.33. The van der Waals surface area contributed by atoms with Crippen LogP contribution in [0.4, 0.5) is 0 Å². The molecule has 0 spiro atoms. The molecule has 1 heterocycles. The van der Waals surface area contributed by atoms with E-state index in [1.807, 2.05) is 6.08 Å². The molecule has 0 aromatic carbocycles. The number of aryl methyl sites for hydroxylation is 1. The van der Waals surface area contributed by atoms with Crippen LogP contribution in [-0.4, -0.2) is 22.4 Å². The van der Waals surface area contributed by atoms with Crippen LogP contribution in [0.3, 0.4) is 0 Å².